The van der Waals surface area contributed by atoms with E-state index in [2.05, 4.69) is 0 Å². The third kappa shape index (κ3) is 3.20. The van der Waals surface area contributed by atoms with Crippen molar-refractivity contribution in [1.29, 1.82) is 5.41 Å². The van der Waals surface area contributed by atoms with Crippen LogP contribution in [-0.2, 0) is 9.53 Å². The van der Waals surface area contributed by atoms with E-state index in [-0.39, 0.29) is 18.6 Å². The lowest BCUT2D eigenvalue weighted by Crippen LogP contribution is -2.23. The molecule has 82 valence electrons. The minimum atomic E-state index is -0.508. The van der Waals surface area contributed by atoms with Gasteiger partial charge >= 0.3 is 5.97 Å². The van der Waals surface area contributed by atoms with Gasteiger partial charge in [-0.1, -0.05) is 13.8 Å². The number of esters is 1. The van der Waals surface area contributed by atoms with Crippen LogP contribution in [0.5, 0.6) is 0 Å². The smallest absolute Gasteiger partial charge is 0.341 e. The predicted molar refractivity (Wildman–Crippen MR) is 58.2 cm³/mol. The van der Waals surface area contributed by atoms with Crippen molar-refractivity contribution < 1.29 is 11.0 Å². The Labute approximate surface area is 86.1 Å². The summed E-state index contributed by atoms with van der Waals surface area (Å²) in [6.45, 7) is 7.29. The molecule has 0 aromatic rings. The molecular weight excluding hydrogens is 180 g/mol. The second kappa shape index (κ2) is 5.42. The average molecular weight is 200 g/mol. The first-order chi connectivity index (χ1) is 6.41. The third-order valence-electron chi connectivity index (χ3n) is 1.72. The van der Waals surface area contributed by atoms with Gasteiger partial charge in [0.2, 0.25) is 0 Å². The van der Waals surface area contributed by atoms with Crippen molar-refractivity contribution in [3.63, 3.8) is 0 Å². The summed E-state index contributed by atoms with van der Waals surface area (Å²) in [7, 11) is 0. The second-order valence-electron chi connectivity index (χ2n) is 3.35. The molecule has 0 rings (SSSR count). The Morgan fingerprint density at radius 3 is 2.36 bits per heavy atom. The summed E-state index contributed by atoms with van der Waals surface area (Å²) in [6.07, 6.45) is 0. The molecule has 0 fully saturated rings. The van der Waals surface area contributed by atoms with E-state index in [0.717, 1.165) is 0 Å². The zero-order valence-electron chi connectivity index (χ0n) is 9.18. The highest BCUT2D eigenvalue weighted by Crippen LogP contribution is 2.10. The SMILES string of the molecule is CCOC(=O)/C(C(=N)C(C)C)=C(\C)N.[HH]. The summed E-state index contributed by atoms with van der Waals surface area (Å²) in [6, 6.07) is 0. The summed E-state index contributed by atoms with van der Waals surface area (Å²) in [5.74, 6) is -0.542. The molecule has 0 amide bonds. The van der Waals surface area contributed by atoms with E-state index in [4.69, 9.17) is 15.9 Å². The zero-order chi connectivity index (χ0) is 11.3. The lowest BCUT2D eigenvalue weighted by molar-refractivity contribution is -0.137. The quantitative estimate of drug-likeness (QED) is 0.412. The van der Waals surface area contributed by atoms with E-state index >= 15 is 0 Å². The maximum atomic E-state index is 11.4. The molecule has 0 unspecified atom stereocenters. The maximum Gasteiger partial charge on any atom is 0.341 e. The van der Waals surface area contributed by atoms with Crippen LogP contribution in [0.4, 0.5) is 0 Å². The number of hydrogen-bond acceptors (Lipinski definition) is 4. The first kappa shape index (κ1) is 12.7. The van der Waals surface area contributed by atoms with Crippen molar-refractivity contribution in [2.24, 2.45) is 11.7 Å². The Balaban J connectivity index is 0. The fraction of sp³-hybridized carbons (Fsp3) is 0.600. The van der Waals surface area contributed by atoms with Crippen LogP contribution in [0.2, 0.25) is 0 Å². The van der Waals surface area contributed by atoms with E-state index in [1.165, 1.54) is 0 Å². The molecule has 0 bridgehead atoms. The van der Waals surface area contributed by atoms with Crippen LogP contribution < -0.4 is 5.73 Å². The van der Waals surface area contributed by atoms with Gasteiger partial charge in [0.15, 0.2) is 0 Å². The molecule has 0 heterocycles. The van der Waals surface area contributed by atoms with Gasteiger partial charge in [0, 0.05) is 7.12 Å². The first-order valence-corrected chi connectivity index (χ1v) is 4.64. The van der Waals surface area contributed by atoms with Gasteiger partial charge in [0.1, 0.15) is 0 Å². The molecule has 0 aromatic heterocycles. The van der Waals surface area contributed by atoms with Crippen molar-refractivity contribution in [2.45, 2.75) is 27.7 Å². The molecule has 0 aliphatic heterocycles. The van der Waals surface area contributed by atoms with Crippen molar-refractivity contribution >= 4 is 11.7 Å². The fourth-order valence-electron chi connectivity index (χ4n) is 0.975. The second-order valence-corrected chi connectivity index (χ2v) is 3.35. The number of rotatable bonds is 4. The summed E-state index contributed by atoms with van der Waals surface area (Å²) in [5.41, 5.74) is 6.30. The van der Waals surface area contributed by atoms with Gasteiger partial charge in [-0.3, -0.25) is 0 Å². The number of nitrogens with two attached hydrogens (primary N) is 1. The van der Waals surface area contributed by atoms with Crippen LogP contribution in [0, 0.1) is 11.3 Å². The highest BCUT2D eigenvalue weighted by molar-refractivity contribution is 6.19. The Morgan fingerprint density at radius 2 is 2.07 bits per heavy atom. The van der Waals surface area contributed by atoms with Crippen LogP contribution >= 0.6 is 0 Å². The number of nitrogens with one attached hydrogen (secondary N) is 1. The standard InChI is InChI=1S/C10H18N2O2.H2/c1-5-14-10(13)8(7(4)11)9(12)6(2)3;/h6,12H,5,11H2,1-4H3;1H/b8-7+,12-9?;. The Bertz CT molecular complexity index is 269. The molecule has 0 atom stereocenters. The molecule has 0 radical (unpaired) electrons. The van der Waals surface area contributed by atoms with Crippen LogP contribution in [0.1, 0.15) is 29.1 Å². The number of allylic oxidation sites excluding steroid dienone is 1. The first-order valence-electron chi connectivity index (χ1n) is 4.64. The number of hydrogen-bond donors (Lipinski definition) is 2. The minimum Gasteiger partial charge on any atom is -0.462 e. The van der Waals surface area contributed by atoms with E-state index in [9.17, 15) is 4.79 Å². The van der Waals surface area contributed by atoms with E-state index in [0.29, 0.717) is 12.3 Å². The molecule has 0 saturated carbocycles. The van der Waals surface area contributed by atoms with Gasteiger partial charge in [-0.2, -0.15) is 0 Å². The summed E-state index contributed by atoms with van der Waals surface area (Å²) in [4.78, 5) is 11.4. The maximum absolute atomic E-state index is 11.4. The van der Waals surface area contributed by atoms with Gasteiger partial charge in [-0.15, -0.1) is 0 Å². The average Bonchev–Trinajstić information content (AvgIpc) is 2.03. The van der Waals surface area contributed by atoms with Crippen molar-refractivity contribution in [3.05, 3.63) is 11.3 Å². The lowest BCUT2D eigenvalue weighted by Gasteiger charge is -2.12. The topological polar surface area (TPSA) is 76.2 Å². The van der Waals surface area contributed by atoms with E-state index in [1.54, 1.807) is 13.8 Å². The fourth-order valence-corrected chi connectivity index (χ4v) is 0.975. The van der Waals surface area contributed by atoms with Crippen LogP contribution in [0.3, 0.4) is 0 Å². The molecule has 4 nitrogen and oxygen atoms in total. The molecule has 0 spiro atoms. The predicted octanol–water partition coefficient (Wildman–Crippen LogP) is 1.70. The van der Waals surface area contributed by atoms with Gasteiger partial charge in [0.05, 0.1) is 17.9 Å². The molecule has 4 heteroatoms. The van der Waals surface area contributed by atoms with Crippen LogP contribution in [0.25, 0.3) is 0 Å². The monoisotopic (exact) mass is 200 g/mol. The number of carbonyl (C=O) groups is 1. The largest absolute Gasteiger partial charge is 0.462 e. The Kier molecular flexibility index (Phi) is 4.91. The number of ether oxygens (including phenoxy) is 1. The lowest BCUT2D eigenvalue weighted by atomic mass is 9.99. The van der Waals surface area contributed by atoms with Crippen LogP contribution in [-0.4, -0.2) is 18.3 Å². The van der Waals surface area contributed by atoms with Crippen molar-refractivity contribution in [1.82, 2.24) is 0 Å². The van der Waals surface area contributed by atoms with Gasteiger partial charge in [-0.05, 0) is 19.8 Å². The van der Waals surface area contributed by atoms with E-state index in [1.807, 2.05) is 13.8 Å². The summed E-state index contributed by atoms with van der Waals surface area (Å²) >= 11 is 0. The molecule has 0 aromatic carbocycles. The minimum absolute atomic E-state index is 0. The Morgan fingerprint density at radius 1 is 1.57 bits per heavy atom. The Hall–Kier alpha value is -1.32. The number of carbonyl (C=O) groups excluding carboxylic acids is 1. The highest BCUT2D eigenvalue weighted by atomic mass is 16.5. The van der Waals surface area contributed by atoms with Crippen molar-refractivity contribution in [3.8, 4) is 0 Å². The zero-order valence-corrected chi connectivity index (χ0v) is 9.18. The third-order valence-corrected chi connectivity index (χ3v) is 1.72. The molecule has 0 aliphatic rings. The molecular formula is C10H20N2O2. The highest BCUT2D eigenvalue weighted by Gasteiger charge is 2.20. The molecule has 0 saturated heterocycles. The normalized spacial score (nSPS) is 12.4. The molecule has 14 heavy (non-hydrogen) atoms. The summed E-state index contributed by atoms with van der Waals surface area (Å²) < 4.78 is 4.82. The molecule has 0 aliphatic carbocycles. The van der Waals surface area contributed by atoms with Crippen molar-refractivity contribution in [2.75, 3.05) is 6.61 Å². The van der Waals surface area contributed by atoms with Gasteiger partial charge in [-0.25, -0.2) is 4.79 Å². The molecule has 3 N–H and O–H groups in total. The van der Waals surface area contributed by atoms with Gasteiger partial charge < -0.3 is 15.9 Å². The van der Waals surface area contributed by atoms with Gasteiger partial charge in [0.25, 0.3) is 0 Å². The summed E-state index contributed by atoms with van der Waals surface area (Å²) in [5, 5.41) is 7.70. The van der Waals surface area contributed by atoms with E-state index < -0.39 is 5.97 Å². The van der Waals surface area contributed by atoms with Crippen LogP contribution in [0.15, 0.2) is 11.3 Å².